The Labute approximate surface area is 201 Å². The third kappa shape index (κ3) is 4.27. The second kappa shape index (κ2) is 8.92. The van der Waals surface area contributed by atoms with Crippen molar-refractivity contribution in [1.82, 2.24) is 14.8 Å². The Hall–Kier alpha value is -3.69. The van der Waals surface area contributed by atoms with Gasteiger partial charge in [0, 0.05) is 12.1 Å². The van der Waals surface area contributed by atoms with E-state index < -0.39 is 15.9 Å². The van der Waals surface area contributed by atoms with Gasteiger partial charge in [-0.25, -0.2) is 18.1 Å². The van der Waals surface area contributed by atoms with Crippen LogP contribution in [0, 0.1) is 0 Å². The van der Waals surface area contributed by atoms with Crippen LogP contribution in [0.15, 0.2) is 78.9 Å². The van der Waals surface area contributed by atoms with Gasteiger partial charge < -0.3 is 5.32 Å². The van der Waals surface area contributed by atoms with Gasteiger partial charge in [-0.15, -0.1) is 5.10 Å². The number of benzene rings is 3. The Kier molecular flexibility index (Phi) is 5.80. The minimum Gasteiger partial charge on any atom is -0.318 e. The molecule has 3 aromatic carbocycles. The fraction of sp³-hybridized carbons (Fsp3) is 0.125. The molecule has 0 bridgehead atoms. The van der Waals surface area contributed by atoms with Crippen LogP contribution in [-0.2, 0) is 10.0 Å². The number of hydrogen-bond acceptors (Lipinski definition) is 5. The Balaban J connectivity index is 1.49. The van der Waals surface area contributed by atoms with Gasteiger partial charge in [0.05, 0.1) is 27.8 Å². The highest BCUT2D eigenvalue weighted by molar-refractivity contribution is 7.93. The van der Waals surface area contributed by atoms with Crippen LogP contribution in [0.4, 0.5) is 11.4 Å². The summed E-state index contributed by atoms with van der Waals surface area (Å²) in [4.78, 5) is 17.6. The van der Waals surface area contributed by atoms with Gasteiger partial charge in [-0.1, -0.05) is 60.1 Å². The van der Waals surface area contributed by atoms with Crippen LogP contribution in [0.25, 0.3) is 17.1 Å². The molecule has 0 spiro atoms. The number of halogens is 1. The maximum Gasteiger partial charge on any atom is 0.295 e. The summed E-state index contributed by atoms with van der Waals surface area (Å²) in [5.74, 6) is 0.00794. The quantitative estimate of drug-likeness (QED) is 0.445. The highest BCUT2D eigenvalue weighted by Gasteiger charge is 2.29. The molecule has 0 unspecified atom stereocenters. The minimum atomic E-state index is -3.36. The monoisotopic (exact) mass is 493 g/mol. The first-order valence-corrected chi connectivity index (χ1v) is 12.6. The van der Waals surface area contributed by atoms with Crippen molar-refractivity contribution in [2.75, 3.05) is 21.9 Å². The molecule has 0 atom stereocenters. The lowest BCUT2D eigenvalue weighted by molar-refractivity contribution is 0.101. The molecule has 0 radical (unpaired) electrons. The van der Waals surface area contributed by atoms with Crippen LogP contribution < -0.4 is 9.62 Å². The van der Waals surface area contributed by atoms with E-state index >= 15 is 0 Å². The van der Waals surface area contributed by atoms with Gasteiger partial charge >= 0.3 is 0 Å². The molecule has 0 saturated carbocycles. The number of para-hydroxylation sites is 1. The molecule has 0 aliphatic carbocycles. The van der Waals surface area contributed by atoms with Crippen molar-refractivity contribution in [2.24, 2.45) is 0 Å². The second-order valence-electron chi connectivity index (χ2n) is 7.73. The van der Waals surface area contributed by atoms with Crippen molar-refractivity contribution in [1.29, 1.82) is 0 Å². The Morgan fingerprint density at radius 2 is 1.65 bits per heavy atom. The van der Waals surface area contributed by atoms with Crippen LogP contribution in [0.3, 0.4) is 0 Å². The van der Waals surface area contributed by atoms with Gasteiger partial charge in [0.25, 0.3) is 5.91 Å². The SMILES string of the molecule is O=C(Nc1cc(N2CCCS2(=O)=O)ccc1Cl)c1nc(-c2ccccc2)n(-c2ccccc2)n1. The van der Waals surface area contributed by atoms with Crippen molar-refractivity contribution in [2.45, 2.75) is 6.42 Å². The topological polar surface area (TPSA) is 97.2 Å². The Bertz CT molecular complexity index is 1400. The first kappa shape index (κ1) is 22.1. The zero-order valence-electron chi connectivity index (χ0n) is 17.9. The van der Waals surface area contributed by atoms with E-state index in [1.807, 2.05) is 60.7 Å². The summed E-state index contributed by atoms with van der Waals surface area (Å²) < 4.78 is 27.5. The molecular weight excluding hydrogens is 474 g/mol. The minimum absolute atomic E-state index is 0.0435. The van der Waals surface area contributed by atoms with Crippen molar-refractivity contribution < 1.29 is 13.2 Å². The highest BCUT2D eigenvalue weighted by Crippen LogP contribution is 2.31. The fourth-order valence-electron chi connectivity index (χ4n) is 3.80. The number of rotatable bonds is 5. The molecule has 1 N–H and O–H groups in total. The molecule has 1 aliphatic rings. The number of anilines is 2. The molecule has 5 rings (SSSR count). The summed E-state index contributed by atoms with van der Waals surface area (Å²) in [5.41, 5.74) is 2.29. The van der Waals surface area contributed by atoms with E-state index in [1.165, 1.54) is 4.31 Å². The maximum absolute atomic E-state index is 13.1. The van der Waals surface area contributed by atoms with Gasteiger partial charge in [0.2, 0.25) is 15.8 Å². The molecular formula is C24H20ClN5O3S. The lowest BCUT2D eigenvalue weighted by Crippen LogP contribution is -2.25. The van der Waals surface area contributed by atoms with Crippen molar-refractivity contribution in [3.8, 4) is 17.1 Å². The number of hydrogen-bond donors (Lipinski definition) is 1. The molecule has 10 heteroatoms. The number of sulfonamides is 1. The predicted molar refractivity (Wildman–Crippen MR) is 132 cm³/mol. The molecule has 1 saturated heterocycles. The maximum atomic E-state index is 13.1. The Morgan fingerprint density at radius 3 is 2.32 bits per heavy atom. The summed E-state index contributed by atoms with van der Waals surface area (Å²) in [6.45, 7) is 0.390. The lowest BCUT2D eigenvalue weighted by atomic mass is 10.2. The summed E-state index contributed by atoms with van der Waals surface area (Å²) in [6, 6.07) is 23.6. The van der Waals surface area contributed by atoms with E-state index in [1.54, 1.807) is 22.9 Å². The van der Waals surface area contributed by atoms with Crippen molar-refractivity contribution in [3.63, 3.8) is 0 Å². The van der Waals surface area contributed by atoms with Crippen LogP contribution in [-0.4, -0.2) is 41.4 Å². The van der Waals surface area contributed by atoms with Gasteiger partial charge in [0.1, 0.15) is 0 Å². The van der Waals surface area contributed by atoms with Crippen LogP contribution in [0.1, 0.15) is 17.0 Å². The van der Waals surface area contributed by atoms with E-state index in [4.69, 9.17) is 11.6 Å². The summed E-state index contributed by atoms with van der Waals surface area (Å²) in [7, 11) is -3.36. The first-order valence-electron chi connectivity index (χ1n) is 10.6. The number of nitrogens with zero attached hydrogens (tertiary/aromatic N) is 4. The van der Waals surface area contributed by atoms with Crippen molar-refractivity contribution in [3.05, 3.63) is 89.7 Å². The molecule has 1 aliphatic heterocycles. The summed E-state index contributed by atoms with van der Waals surface area (Å²) in [5, 5.41) is 7.46. The number of carbonyl (C=O) groups excluding carboxylic acids is 1. The number of nitrogens with one attached hydrogen (secondary N) is 1. The molecule has 8 nitrogen and oxygen atoms in total. The zero-order valence-corrected chi connectivity index (χ0v) is 19.5. The van der Waals surface area contributed by atoms with E-state index in [9.17, 15) is 13.2 Å². The number of carbonyl (C=O) groups is 1. The molecule has 2 heterocycles. The smallest absolute Gasteiger partial charge is 0.295 e. The molecule has 172 valence electrons. The van der Waals surface area contributed by atoms with Gasteiger partial charge in [-0.3, -0.25) is 9.10 Å². The fourth-order valence-corrected chi connectivity index (χ4v) is 5.52. The van der Waals surface area contributed by atoms with Crippen molar-refractivity contribution >= 4 is 38.9 Å². The van der Waals surface area contributed by atoms with Crippen LogP contribution >= 0.6 is 11.6 Å². The Morgan fingerprint density at radius 1 is 0.941 bits per heavy atom. The van der Waals surface area contributed by atoms with Crippen LogP contribution in [0.2, 0.25) is 5.02 Å². The molecule has 1 aromatic heterocycles. The molecule has 34 heavy (non-hydrogen) atoms. The average Bonchev–Trinajstić information content (AvgIpc) is 3.45. The summed E-state index contributed by atoms with van der Waals surface area (Å²) in [6.07, 6.45) is 0.551. The van der Waals surface area contributed by atoms with E-state index in [-0.39, 0.29) is 22.3 Å². The standard InChI is InChI=1S/C24H20ClN5O3S/c25-20-13-12-19(29-14-7-15-34(29,32)33)16-21(20)26-24(31)22-27-23(17-8-3-1-4-9-17)30(28-22)18-10-5-2-6-11-18/h1-6,8-13,16H,7,14-15H2,(H,26,31). The lowest BCUT2D eigenvalue weighted by Gasteiger charge is -2.18. The van der Waals surface area contributed by atoms with E-state index in [0.717, 1.165) is 11.3 Å². The zero-order chi connectivity index (χ0) is 23.7. The molecule has 4 aromatic rings. The number of aromatic nitrogens is 3. The first-order chi connectivity index (χ1) is 16.4. The largest absolute Gasteiger partial charge is 0.318 e. The third-order valence-corrected chi connectivity index (χ3v) is 7.63. The van der Waals surface area contributed by atoms with Crippen LogP contribution in [0.5, 0.6) is 0 Å². The third-order valence-electron chi connectivity index (χ3n) is 5.43. The normalized spacial score (nSPS) is 14.8. The van der Waals surface area contributed by atoms with Gasteiger partial charge in [-0.2, -0.15) is 0 Å². The average molecular weight is 494 g/mol. The molecule has 1 amide bonds. The highest BCUT2D eigenvalue weighted by atomic mass is 35.5. The predicted octanol–water partition coefficient (Wildman–Crippen LogP) is 4.38. The molecule has 1 fully saturated rings. The van der Waals surface area contributed by atoms with Gasteiger partial charge in [-0.05, 0) is 36.8 Å². The second-order valence-corrected chi connectivity index (χ2v) is 10.2. The van der Waals surface area contributed by atoms with E-state index in [0.29, 0.717) is 24.5 Å². The van der Waals surface area contributed by atoms with Gasteiger partial charge in [0.15, 0.2) is 5.82 Å². The summed E-state index contributed by atoms with van der Waals surface area (Å²) >= 11 is 6.31. The number of amides is 1. The van der Waals surface area contributed by atoms with E-state index in [2.05, 4.69) is 15.4 Å².